The maximum atomic E-state index is 11.0. The minimum atomic E-state index is 0.178. The van der Waals surface area contributed by atoms with Crippen LogP contribution in [0.5, 0.6) is 0 Å². The third-order valence-corrected chi connectivity index (χ3v) is 2.61. The first-order valence-corrected chi connectivity index (χ1v) is 5.99. The van der Waals surface area contributed by atoms with Crippen molar-refractivity contribution in [2.24, 2.45) is 5.11 Å². The van der Waals surface area contributed by atoms with Gasteiger partial charge >= 0.3 is 0 Å². The van der Waals surface area contributed by atoms with Crippen LogP contribution in [0.3, 0.4) is 0 Å². The van der Waals surface area contributed by atoms with E-state index in [0.29, 0.717) is 26.1 Å². The number of rotatable bonds is 8. The molecular weight excluding hydrogens is 228 g/mol. The maximum Gasteiger partial charge on any atom is 0.131 e. The van der Waals surface area contributed by atoms with Crippen LogP contribution < -0.4 is 0 Å². The summed E-state index contributed by atoms with van der Waals surface area (Å²) in [5.41, 5.74) is 9.47. The fraction of sp³-hybridized carbons (Fsp3) is 0.462. The highest BCUT2D eigenvalue weighted by molar-refractivity contribution is 5.75. The molecular formula is C13H18N4O. The first-order valence-electron chi connectivity index (χ1n) is 5.99. The highest BCUT2D eigenvalue weighted by Crippen LogP contribution is 2.05. The molecule has 96 valence electrons. The summed E-state index contributed by atoms with van der Waals surface area (Å²) in [7, 11) is 0. The van der Waals surface area contributed by atoms with E-state index < -0.39 is 0 Å². The van der Waals surface area contributed by atoms with Gasteiger partial charge in [0.15, 0.2) is 0 Å². The SMILES string of the molecule is CC(=O)CCN(CCN=[N+]=[N-])Cc1ccccc1. The number of azide groups is 1. The molecule has 0 unspecified atom stereocenters. The van der Waals surface area contributed by atoms with Gasteiger partial charge in [0.05, 0.1) is 0 Å². The predicted octanol–water partition coefficient (Wildman–Crippen LogP) is 2.78. The molecule has 5 heteroatoms. The molecule has 0 spiro atoms. The molecule has 0 N–H and O–H groups in total. The van der Waals surface area contributed by atoms with Gasteiger partial charge < -0.3 is 0 Å². The van der Waals surface area contributed by atoms with Crippen molar-refractivity contribution in [3.63, 3.8) is 0 Å². The minimum absolute atomic E-state index is 0.178. The number of carbonyl (C=O) groups excluding carboxylic acids is 1. The van der Waals surface area contributed by atoms with E-state index in [1.54, 1.807) is 6.92 Å². The summed E-state index contributed by atoms with van der Waals surface area (Å²) in [6, 6.07) is 10.1. The molecule has 1 aromatic rings. The summed E-state index contributed by atoms with van der Waals surface area (Å²) in [6.07, 6.45) is 0.531. The summed E-state index contributed by atoms with van der Waals surface area (Å²) < 4.78 is 0. The van der Waals surface area contributed by atoms with E-state index in [9.17, 15) is 4.79 Å². The van der Waals surface area contributed by atoms with Crippen molar-refractivity contribution in [1.29, 1.82) is 0 Å². The molecule has 0 aliphatic carbocycles. The fourth-order valence-corrected chi connectivity index (χ4v) is 1.66. The van der Waals surface area contributed by atoms with Crippen molar-refractivity contribution < 1.29 is 4.79 Å². The third-order valence-electron chi connectivity index (χ3n) is 2.61. The highest BCUT2D eigenvalue weighted by atomic mass is 16.1. The van der Waals surface area contributed by atoms with Gasteiger partial charge in [-0.15, -0.1) is 0 Å². The average Bonchev–Trinajstić information content (AvgIpc) is 2.37. The van der Waals surface area contributed by atoms with E-state index in [1.807, 2.05) is 30.3 Å². The zero-order chi connectivity index (χ0) is 13.2. The van der Waals surface area contributed by atoms with Gasteiger partial charge in [0.2, 0.25) is 0 Å². The first-order chi connectivity index (χ1) is 8.72. The van der Waals surface area contributed by atoms with E-state index in [0.717, 1.165) is 6.54 Å². The van der Waals surface area contributed by atoms with Crippen molar-refractivity contribution >= 4 is 5.78 Å². The quantitative estimate of drug-likeness (QED) is 0.402. The Bertz CT molecular complexity index is 406. The second kappa shape index (κ2) is 8.28. The summed E-state index contributed by atoms with van der Waals surface area (Å²) in [6.45, 7) is 4.17. The lowest BCUT2D eigenvalue weighted by molar-refractivity contribution is -0.117. The molecule has 0 radical (unpaired) electrons. The number of nitrogens with zero attached hydrogens (tertiary/aromatic N) is 4. The van der Waals surface area contributed by atoms with Gasteiger partial charge in [-0.25, -0.2) is 0 Å². The van der Waals surface area contributed by atoms with Crippen molar-refractivity contribution in [2.45, 2.75) is 19.9 Å². The average molecular weight is 246 g/mol. The smallest absolute Gasteiger partial charge is 0.131 e. The summed E-state index contributed by atoms with van der Waals surface area (Å²) in [5, 5.41) is 3.53. The second-order valence-electron chi connectivity index (χ2n) is 4.17. The van der Waals surface area contributed by atoms with Crippen LogP contribution in [0.1, 0.15) is 18.9 Å². The molecule has 0 fully saturated rings. The standard InChI is InChI=1S/C13H18N4O/c1-12(18)7-9-17(10-8-15-16-14)11-13-5-3-2-4-6-13/h2-6H,7-11H2,1H3. The normalized spacial score (nSPS) is 10.1. The monoisotopic (exact) mass is 246 g/mol. The van der Waals surface area contributed by atoms with Crippen molar-refractivity contribution in [3.8, 4) is 0 Å². The summed E-state index contributed by atoms with van der Waals surface area (Å²) >= 11 is 0. The highest BCUT2D eigenvalue weighted by Gasteiger charge is 2.06. The molecule has 5 nitrogen and oxygen atoms in total. The Morgan fingerprint density at radius 2 is 2.06 bits per heavy atom. The lowest BCUT2D eigenvalue weighted by atomic mass is 10.2. The largest absolute Gasteiger partial charge is 0.300 e. The lowest BCUT2D eigenvalue weighted by Gasteiger charge is -2.20. The Morgan fingerprint density at radius 1 is 1.33 bits per heavy atom. The zero-order valence-electron chi connectivity index (χ0n) is 10.6. The number of ketones is 1. The molecule has 0 atom stereocenters. The Balaban J connectivity index is 2.52. The van der Waals surface area contributed by atoms with Crippen molar-refractivity contribution in [3.05, 3.63) is 46.3 Å². The third kappa shape index (κ3) is 6.03. The molecule has 18 heavy (non-hydrogen) atoms. The van der Waals surface area contributed by atoms with Crippen molar-refractivity contribution in [1.82, 2.24) is 4.90 Å². The first kappa shape index (κ1) is 14.2. The molecule has 0 heterocycles. The van der Waals surface area contributed by atoms with Gasteiger partial charge in [0.25, 0.3) is 0 Å². The molecule has 0 aliphatic rings. The maximum absolute atomic E-state index is 11.0. The van der Waals surface area contributed by atoms with Crippen LogP contribution in [0.4, 0.5) is 0 Å². The number of carbonyl (C=O) groups is 1. The van der Waals surface area contributed by atoms with Gasteiger partial charge in [0, 0.05) is 37.5 Å². The molecule has 0 saturated heterocycles. The molecule has 0 saturated carbocycles. The van der Waals surface area contributed by atoms with Gasteiger partial charge in [0.1, 0.15) is 5.78 Å². The van der Waals surface area contributed by atoms with Gasteiger partial charge in [-0.3, -0.25) is 9.69 Å². The van der Waals surface area contributed by atoms with E-state index in [4.69, 9.17) is 5.53 Å². The van der Waals surface area contributed by atoms with E-state index in [1.165, 1.54) is 5.56 Å². The zero-order valence-corrected chi connectivity index (χ0v) is 10.6. The molecule has 1 aromatic carbocycles. The van der Waals surface area contributed by atoms with Gasteiger partial charge in [-0.2, -0.15) is 0 Å². The topological polar surface area (TPSA) is 69.1 Å². The molecule has 0 amide bonds. The Kier molecular flexibility index (Phi) is 6.54. The van der Waals surface area contributed by atoms with E-state index in [2.05, 4.69) is 14.9 Å². The van der Waals surface area contributed by atoms with Crippen LogP contribution in [-0.2, 0) is 11.3 Å². The molecule has 0 bridgehead atoms. The van der Waals surface area contributed by atoms with Crippen LogP contribution in [0.25, 0.3) is 10.4 Å². The van der Waals surface area contributed by atoms with Crippen LogP contribution in [-0.4, -0.2) is 30.3 Å². The van der Waals surface area contributed by atoms with Crippen molar-refractivity contribution in [2.75, 3.05) is 19.6 Å². The molecule has 0 aromatic heterocycles. The summed E-state index contributed by atoms with van der Waals surface area (Å²) in [4.78, 5) is 15.9. The van der Waals surface area contributed by atoms with Crippen LogP contribution in [0.2, 0.25) is 0 Å². The van der Waals surface area contributed by atoms with Gasteiger partial charge in [-0.05, 0) is 18.0 Å². The Morgan fingerprint density at radius 3 is 2.67 bits per heavy atom. The Hall–Kier alpha value is -1.84. The van der Waals surface area contributed by atoms with Gasteiger partial charge in [-0.1, -0.05) is 35.4 Å². The molecule has 1 rings (SSSR count). The predicted molar refractivity (Wildman–Crippen MR) is 71.0 cm³/mol. The van der Waals surface area contributed by atoms with E-state index >= 15 is 0 Å². The summed E-state index contributed by atoms with van der Waals surface area (Å²) in [5.74, 6) is 0.178. The number of Topliss-reactive ketones (excluding diaryl/α,β-unsaturated/α-hetero) is 1. The second-order valence-corrected chi connectivity index (χ2v) is 4.17. The molecule has 0 aliphatic heterocycles. The minimum Gasteiger partial charge on any atom is -0.300 e. The lowest BCUT2D eigenvalue weighted by Crippen LogP contribution is -2.28. The van der Waals surface area contributed by atoms with Crippen LogP contribution >= 0.6 is 0 Å². The van der Waals surface area contributed by atoms with Crippen LogP contribution in [0.15, 0.2) is 35.4 Å². The van der Waals surface area contributed by atoms with E-state index in [-0.39, 0.29) is 5.78 Å². The fourth-order valence-electron chi connectivity index (χ4n) is 1.66. The number of benzene rings is 1. The Labute approximate surface area is 107 Å². The van der Waals surface area contributed by atoms with Crippen LogP contribution in [0, 0.1) is 0 Å². The number of hydrogen-bond acceptors (Lipinski definition) is 3. The number of hydrogen-bond donors (Lipinski definition) is 0.